The molecule has 0 atom stereocenters. The molecule has 0 aliphatic carbocycles. The Kier molecular flexibility index (Phi) is 5.13. The lowest BCUT2D eigenvalue weighted by molar-refractivity contribution is -0.114. The van der Waals surface area contributed by atoms with Gasteiger partial charge in [-0.1, -0.05) is 0 Å². The van der Waals surface area contributed by atoms with Crippen LogP contribution < -0.4 is 29.6 Å². The minimum atomic E-state index is -0.179. The van der Waals surface area contributed by atoms with Crippen LogP contribution >= 0.6 is 0 Å². The van der Waals surface area contributed by atoms with Gasteiger partial charge in [0.2, 0.25) is 5.91 Å². The second-order valence-electron chi connectivity index (χ2n) is 5.33. The first-order valence-corrected chi connectivity index (χ1v) is 7.85. The zero-order chi connectivity index (χ0) is 17.6. The fraction of sp³-hybridized carbons (Fsp3) is 0.278. The largest absolute Gasteiger partial charge is 0.493 e. The highest BCUT2D eigenvalue weighted by atomic mass is 16.6. The Bertz CT molecular complexity index is 763. The van der Waals surface area contributed by atoms with Gasteiger partial charge in [-0.25, -0.2) is 0 Å². The van der Waals surface area contributed by atoms with Gasteiger partial charge in [0, 0.05) is 23.5 Å². The van der Waals surface area contributed by atoms with Crippen molar-refractivity contribution in [1.29, 1.82) is 0 Å². The molecule has 132 valence electrons. The number of carbonyl (C=O) groups is 1. The molecule has 1 aliphatic rings. The van der Waals surface area contributed by atoms with Gasteiger partial charge in [-0.3, -0.25) is 4.79 Å². The molecule has 2 aromatic rings. The maximum Gasteiger partial charge on any atom is 0.243 e. The summed E-state index contributed by atoms with van der Waals surface area (Å²) < 4.78 is 21.4. The molecule has 0 aromatic heterocycles. The summed E-state index contributed by atoms with van der Waals surface area (Å²) in [6.45, 7) is 1.19. The van der Waals surface area contributed by atoms with Crippen LogP contribution in [0, 0.1) is 0 Å². The van der Waals surface area contributed by atoms with E-state index in [1.807, 2.05) is 18.2 Å². The fourth-order valence-corrected chi connectivity index (χ4v) is 2.45. The van der Waals surface area contributed by atoms with E-state index in [0.29, 0.717) is 41.9 Å². The summed E-state index contributed by atoms with van der Waals surface area (Å²) >= 11 is 0. The molecule has 0 bridgehead atoms. The van der Waals surface area contributed by atoms with Crippen molar-refractivity contribution in [3.63, 3.8) is 0 Å². The highest BCUT2D eigenvalue weighted by Gasteiger charge is 2.12. The van der Waals surface area contributed by atoms with Gasteiger partial charge in [-0.15, -0.1) is 0 Å². The van der Waals surface area contributed by atoms with Gasteiger partial charge in [0.15, 0.2) is 23.0 Å². The average molecular weight is 344 g/mol. The summed E-state index contributed by atoms with van der Waals surface area (Å²) in [4.78, 5) is 12.1. The number of anilines is 2. The number of benzene rings is 2. The minimum absolute atomic E-state index is 0.119. The molecule has 0 fully saturated rings. The Morgan fingerprint density at radius 3 is 2.44 bits per heavy atom. The summed E-state index contributed by atoms with van der Waals surface area (Å²) in [5, 5.41) is 5.87. The highest BCUT2D eigenvalue weighted by Crippen LogP contribution is 2.32. The first-order chi connectivity index (χ1) is 12.2. The van der Waals surface area contributed by atoms with Gasteiger partial charge >= 0.3 is 0 Å². The third-order valence-corrected chi connectivity index (χ3v) is 3.66. The molecule has 0 unspecified atom stereocenters. The first-order valence-electron chi connectivity index (χ1n) is 7.85. The Labute approximate surface area is 145 Å². The number of hydrogen-bond acceptors (Lipinski definition) is 6. The number of amides is 1. The minimum Gasteiger partial charge on any atom is -0.493 e. The summed E-state index contributed by atoms with van der Waals surface area (Å²) in [5.74, 6) is 2.38. The number of nitrogens with one attached hydrogen (secondary N) is 2. The molecule has 7 nitrogen and oxygen atoms in total. The molecule has 0 spiro atoms. The van der Waals surface area contributed by atoms with Crippen LogP contribution in [0.25, 0.3) is 0 Å². The number of methoxy groups -OCH3 is 2. The molecular weight excluding hydrogens is 324 g/mol. The van der Waals surface area contributed by atoms with Gasteiger partial charge < -0.3 is 29.6 Å². The first kappa shape index (κ1) is 16.8. The molecule has 2 aromatic carbocycles. The van der Waals surface area contributed by atoms with E-state index in [4.69, 9.17) is 18.9 Å². The quantitative estimate of drug-likeness (QED) is 0.838. The van der Waals surface area contributed by atoms with Crippen molar-refractivity contribution in [3.8, 4) is 23.0 Å². The van der Waals surface area contributed by atoms with Crippen molar-refractivity contribution in [1.82, 2.24) is 0 Å². The average Bonchev–Trinajstić information content (AvgIpc) is 2.66. The second-order valence-corrected chi connectivity index (χ2v) is 5.33. The van der Waals surface area contributed by atoms with Crippen molar-refractivity contribution in [3.05, 3.63) is 36.4 Å². The molecule has 1 heterocycles. The Morgan fingerprint density at radius 2 is 1.68 bits per heavy atom. The zero-order valence-corrected chi connectivity index (χ0v) is 14.1. The summed E-state index contributed by atoms with van der Waals surface area (Å²) in [7, 11) is 3.11. The number of rotatable bonds is 6. The smallest absolute Gasteiger partial charge is 0.243 e. The molecule has 0 saturated heterocycles. The van der Waals surface area contributed by atoms with Crippen LogP contribution in [0.1, 0.15) is 0 Å². The Morgan fingerprint density at radius 1 is 0.960 bits per heavy atom. The molecule has 3 rings (SSSR count). The van der Waals surface area contributed by atoms with Crippen molar-refractivity contribution in [2.45, 2.75) is 0 Å². The third-order valence-electron chi connectivity index (χ3n) is 3.66. The number of fused-ring (bicyclic) bond motifs is 1. The topological polar surface area (TPSA) is 78.1 Å². The van der Waals surface area contributed by atoms with E-state index in [1.54, 1.807) is 32.4 Å². The zero-order valence-electron chi connectivity index (χ0n) is 14.1. The van der Waals surface area contributed by atoms with E-state index < -0.39 is 0 Å². The maximum atomic E-state index is 12.1. The predicted octanol–water partition coefficient (Wildman–Crippen LogP) is 2.53. The molecule has 7 heteroatoms. The van der Waals surface area contributed by atoms with Gasteiger partial charge in [0.25, 0.3) is 0 Å². The molecule has 1 amide bonds. The van der Waals surface area contributed by atoms with Crippen molar-refractivity contribution < 1.29 is 23.7 Å². The van der Waals surface area contributed by atoms with E-state index in [2.05, 4.69) is 10.6 Å². The van der Waals surface area contributed by atoms with Gasteiger partial charge in [-0.05, 0) is 24.3 Å². The summed E-state index contributed by atoms with van der Waals surface area (Å²) in [6, 6.07) is 10.7. The van der Waals surface area contributed by atoms with E-state index in [-0.39, 0.29) is 12.5 Å². The SMILES string of the molecule is COc1ccc(NC(=O)CNc2ccc3c(c2)OCCO3)cc1OC. The monoisotopic (exact) mass is 344 g/mol. The van der Waals surface area contributed by atoms with Gasteiger partial charge in [-0.2, -0.15) is 0 Å². The predicted molar refractivity (Wildman–Crippen MR) is 94.1 cm³/mol. The van der Waals surface area contributed by atoms with E-state index >= 15 is 0 Å². The van der Waals surface area contributed by atoms with Crippen molar-refractivity contribution in [2.75, 3.05) is 44.6 Å². The number of carbonyl (C=O) groups excluding carboxylic acids is 1. The van der Waals surface area contributed by atoms with E-state index in [9.17, 15) is 4.79 Å². The molecule has 25 heavy (non-hydrogen) atoms. The van der Waals surface area contributed by atoms with Gasteiger partial charge in [0.1, 0.15) is 13.2 Å². The van der Waals surface area contributed by atoms with Crippen LogP contribution in [0.2, 0.25) is 0 Å². The van der Waals surface area contributed by atoms with Crippen LogP contribution in [0.15, 0.2) is 36.4 Å². The number of ether oxygens (including phenoxy) is 4. The summed E-state index contributed by atoms with van der Waals surface area (Å²) in [5.41, 5.74) is 1.42. The highest BCUT2D eigenvalue weighted by molar-refractivity contribution is 5.94. The fourth-order valence-electron chi connectivity index (χ4n) is 2.45. The van der Waals surface area contributed by atoms with Gasteiger partial charge in [0.05, 0.1) is 20.8 Å². The van der Waals surface area contributed by atoms with Crippen LogP contribution in [-0.2, 0) is 4.79 Å². The van der Waals surface area contributed by atoms with Crippen LogP contribution in [0.4, 0.5) is 11.4 Å². The molecule has 0 saturated carbocycles. The van der Waals surface area contributed by atoms with Crippen molar-refractivity contribution >= 4 is 17.3 Å². The van der Waals surface area contributed by atoms with Crippen LogP contribution in [0.3, 0.4) is 0 Å². The Balaban J connectivity index is 1.58. The standard InChI is InChI=1S/C18H20N2O5/c1-22-14-5-4-13(10-16(14)23-2)20-18(21)11-19-12-3-6-15-17(9-12)25-8-7-24-15/h3-6,9-10,19H,7-8,11H2,1-2H3,(H,20,21). The van der Waals surface area contributed by atoms with Crippen LogP contribution in [-0.4, -0.2) is 39.9 Å². The summed E-state index contributed by atoms with van der Waals surface area (Å²) in [6.07, 6.45) is 0. The normalized spacial score (nSPS) is 12.2. The molecule has 1 aliphatic heterocycles. The lowest BCUT2D eigenvalue weighted by Crippen LogP contribution is -2.22. The van der Waals surface area contributed by atoms with E-state index in [1.165, 1.54) is 0 Å². The lowest BCUT2D eigenvalue weighted by atomic mass is 10.2. The van der Waals surface area contributed by atoms with E-state index in [0.717, 1.165) is 5.69 Å². The Hall–Kier alpha value is -3.09. The maximum absolute atomic E-state index is 12.1. The second kappa shape index (κ2) is 7.65. The van der Waals surface area contributed by atoms with Crippen molar-refractivity contribution in [2.24, 2.45) is 0 Å². The third kappa shape index (κ3) is 4.06. The molecule has 0 radical (unpaired) electrons. The van der Waals surface area contributed by atoms with Crippen LogP contribution in [0.5, 0.6) is 23.0 Å². The molecule has 2 N–H and O–H groups in total. The lowest BCUT2D eigenvalue weighted by Gasteiger charge is -2.19. The molecular formula is C18H20N2O5. The number of hydrogen-bond donors (Lipinski definition) is 2.